The molecule has 1 aromatic carbocycles. The molecule has 1 aromatic heterocycles. The zero-order valence-electron chi connectivity index (χ0n) is 13.5. The predicted molar refractivity (Wildman–Crippen MR) is 88.0 cm³/mol. The summed E-state index contributed by atoms with van der Waals surface area (Å²) >= 11 is 0. The SMILES string of the molecule is Cc1cc(C)cc(N(C)c2ccc(CNC(C)C)nn2)c1. The minimum Gasteiger partial charge on any atom is -0.328 e. The van der Waals surface area contributed by atoms with Crippen LogP contribution in [0.5, 0.6) is 0 Å². The summed E-state index contributed by atoms with van der Waals surface area (Å²) in [6, 6.07) is 11.0. The van der Waals surface area contributed by atoms with Gasteiger partial charge in [0.2, 0.25) is 0 Å². The van der Waals surface area contributed by atoms with E-state index in [9.17, 15) is 0 Å². The number of anilines is 2. The maximum Gasteiger partial charge on any atom is 0.155 e. The first-order valence-corrected chi connectivity index (χ1v) is 7.33. The van der Waals surface area contributed by atoms with Gasteiger partial charge in [-0.25, -0.2) is 0 Å². The highest BCUT2D eigenvalue weighted by Crippen LogP contribution is 2.23. The van der Waals surface area contributed by atoms with Crippen LogP contribution in [-0.4, -0.2) is 23.3 Å². The Hall–Kier alpha value is -1.94. The van der Waals surface area contributed by atoms with Gasteiger partial charge in [-0.05, 0) is 49.2 Å². The smallest absolute Gasteiger partial charge is 0.155 e. The van der Waals surface area contributed by atoms with E-state index in [2.05, 4.69) is 66.3 Å². The summed E-state index contributed by atoms with van der Waals surface area (Å²) in [6.45, 7) is 9.21. The Labute approximate surface area is 127 Å². The van der Waals surface area contributed by atoms with E-state index in [4.69, 9.17) is 0 Å². The molecule has 0 radical (unpaired) electrons. The minimum atomic E-state index is 0.449. The van der Waals surface area contributed by atoms with Crippen molar-refractivity contribution in [2.75, 3.05) is 11.9 Å². The van der Waals surface area contributed by atoms with Crippen molar-refractivity contribution >= 4 is 11.5 Å². The molecule has 2 aromatic rings. The van der Waals surface area contributed by atoms with Crippen LogP contribution in [0.4, 0.5) is 11.5 Å². The van der Waals surface area contributed by atoms with Crippen LogP contribution in [0.25, 0.3) is 0 Å². The second-order valence-electron chi connectivity index (χ2n) is 5.82. The molecular weight excluding hydrogens is 260 g/mol. The Morgan fingerprint density at radius 1 is 1.05 bits per heavy atom. The quantitative estimate of drug-likeness (QED) is 0.914. The third-order valence-electron chi connectivity index (χ3n) is 3.33. The highest BCUT2D eigenvalue weighted by Gasteiger charge is 2.07. The van der Waals surface area contributed by atoms with E-state index in [0.29, 0.717) is 6.04 Å². The van der Waals surface area contributed by atoms with Gasteiger partial charge in [0.05, 0.1) is 5.69 Å². The lowest BCUT2D eigenvalue weighted by Crippen LogP contribution is -2.22. The fourth-order valence-corrected chi connectivity index (χ4v) is 2.21. The molecule has 1 N–H and O–H groups in total. The van der Waals surface area contributed by atoms with Crippen LogP contribution in [0.2, 0.25) is 0 Å². The number of aryl methyl sites for hydroxylation is 2. The van der Waals surface area contributed by atoms with E-state index < -0.39 is 0 Å². The lowest BCUT2D eigenvalue weighted by atomic mass is 10.1. The van der Waals surface area contributed by atoms with E-state index in [-0.39, 0.29) is 0 Å². The van der Waals surface area contributed by atoms with Gasteiger partial charge in [-0.3, -0.25) is 0 Å². The van der Waals surface area contributed by atoms with Gasteiger partial charge in [0.25, 0.3) is 0 Å². The number of nitrogens with one attached hydrogen (secondary N) is 1. The molecule has 1 heterocycles. The molecule has 0 spiro atoms. The van der Waals surface area contributed by atoms with Crippen LogP contribution in [0.15, 0.2) is 30.3 Å². The maximum atomic E-state index is 4.33. The Morgan fingerprint density at radius 2 is 1.71 bits per heavy atom. The van der Waals surface area contributed by atoms with Crippen LogP contribution in [-0.2, 0) is 6.54 Å². The highest BCUT2D eigenvalue weighted by atomic mass is 15.2. The van der Waals surface area contributed by atoms with Crippen molar-refractivity contribution in [1.29, 1.82) is 0 Å². The molecule has 0 saturated carbocycles. The molecule has 4 heteroatoms. The molecule has 0 aliphatic carbocycles. The van der Waals surface area contributed by atoms with Gasteiger partial charge in [0.1, 0.15) is 0 Å². The van der Waals surface area contributed by atoms with Gasteiger partial charge < -0.3 is 10.2 Å². The Kier molecular flexibility index (Phi) is 4.91. The van der Waals surface area contributed by atoms with Gasteiger partial charge in [-0.2, -0.15) is 5.10 Å². The normalized spacial score (nSPS) is 11.0. The van der Waals surface area contributed by atoms with E-state index >= 15 is 0 Å². The van der Waals surface area contributed by atoms with Crippen molar-refractivity contribution in [3.05, 3.63) is 47.2 Å². The molecule has 2 rings (SSSR count). The van der Waals surface area contributed by atoms with Gasteiger partial charge in [0.15, 0.2) is 5.82 Å². The van der Waals surface area contributed by atoms with Crippen LogP contribution in [0.1, 0.15) is 30.7 Å². The van der Waals surface area contributed by atoms with E-state index in [1.165, 1.54) is 11.1 Å². The molecule has 0 aliphatic heterocycles. The molecule has 21 heavy (non-hydrogen) atoms. The average molecular weight is 284 g/mol. The van der Waals surface area contributed by atoms with Crippen LogP contribution < -0.4 is 10.2 Å². The van der Waals surface area contributed by atoms with Crippen LogP contribution in [0, 0.1) is 13.8 Å². The first-order chi connectivity index (χ1) is 9.95. The molecule has 0 amide bonds. The Bertz CT molecular complexity index is 570. The van der Waals surface area contributed by atoms with E-state index in [0.717, 1.165) is 23.7 Å². The fourth-order valence-electron chi connectivity index (χ4n) is 2.21. The molecule has 0 bridgehead atoms. The first-order valence-electron chi connectivity index (χ1n) is 7.33. The summed E-state index contributed by atoms with van der Waals surface area (Å²) < 4.78 is 0. The molecule has 0 atom stereocenters. The zero-order valence-corrected chi connectivity index (χ0v) is 13.5. The average Bonchev–Trinajstić information content (AvgIpc) is 2.44. The minimum absolute atomic E-state index is 0.449. The van der Waals surface area contributed by atoms with Gasteiger partial charge in [-0.1, -0.05) is 19.9 Å². The predicted octanol–water partition coefficient (Wildman–Crippen LogP) is 3.36. The van der Waals surface area contributed by atoms with Crippen molar-refractivity contribution in [3.8, 4) is 0 Å². The Morgan fingerprint density at radius 3 is 2.24 bits per heavy atom. The van der Waals surface area contributed by atoms with Crippen molar-refractivity contribution in [2.24, 2.45) is 0 Å². The summed E-state index contributed by atoms with van der Waals surface area (Å²) in [4.78, 5) is 2.06. The summed E-state index contributed by atoms with van der Waals surface area (Å²) in [5.74, 6) is 0.855. The second-order valence-corrected chi connectivity index (χ2v) is 5.82. The molecule has 0 unspecified atom stereocenters. The van der Waals surface area contributed by atoms with Gasteiger partial charge in [-0.15, -0.1) is 5.10 Å². The first kappa shape index (κ1) is 15.4. The standard InChI is InChI=1S/C17H24N4/c1-12(2)18-11-15-6-7-17(20-19-15)21(5)16-9-13(3)8-14(4)10-16/h6-10,12,18H,11H2,1-5H3. The number of nitrogens with zero attached hydrogens (tertiary/aromatic N) is 3. The third-order valence-corrected chi connectivity index (χ3v) is 3.33. The molecule has 4 nitrogen and oxygen atoms in total. The van der Waals surface area contributed by atoms with Crippen LogP contribution in [0.3, 0.4) is 0 Å². The summed E-state index contributed by atoms with van der Waals surface area (Å²) in [5, 5.41) is 12.0. The van der Waals surface area contributed by atoms with Gasteiger partial charge >= 0.3 is 0 Å². The molecule has 0 aliphatic rings. The fraction of sp³-hybridized carbons (Fsp3) is 0.412. The van der Waals surface area contributed by atoms with Gasteiger partial charge in [0, 0.05) is 25.3 Å². The molecule has 0 saturated heterocycles. The number of hydrogen-bond donors (Lipinski definition) is 1. The lowest BCUT2D eigenvalue weighted by molar-refractivity contribution is 0.577. The number of benzene rings is 1. The number of hydrogen-bond acceptors (Lipinski definition) is 4. The second kappa shape index (κ2) is 6.68. The molecular formula is C17H24N4. The summed E-state index contributed by atoms with van der Waals surface area (Å²) in [5.41, 5.74) is 4.60. The maximum absolute atomic E-state index is 4.33. The third kappa shape index (κ3) is 4.26. The van der Waals surface area contributed by atoms with Crippen molar-refractivity contribution in [2.45, 2.75) is 40.3 Å². The van der Waals surface area contributed by atoms with Crippen LogP contribution >= 0.6 is 0 Å². The number of rotatable bonds is 5. The molecule has 0 fully saturated rings. The van der Waals surface area contributed by atoms with E-state index in [1.54, 1.807) is 0 Å². The topological polar surface area (TPSA) is 41.0 Å². The summed E-state index contributed by atoms with van der Waals surface area (Å²) in [6.07, 6.45) is 0. The van der Waals surface area contributed by atoms with Crippen molar-refractivity contribution in [1.82, 2.24) is 15.5 Å². The molecule has 112 valence electrons. The van der Waals surface area contributed by atoms with Crippen molar-refractivity contribution < 1.29 is 0 Å². The largest absolute Gasteiger partial charge is 0.328 e. The Balaban J connectivity index is 2.14. The number of aromatic nitrogens is 2. The zero-order chi connectivity index (χ0) is 15.4. The monoisotopic (exact) mass is 284 g/mol. The summed E-state index contributed by atoms with van der Waals surface area (Å²) in [7, 11) is 2.02. The van der Waals surface area contributed by atoms with E-state index in [1.807, 2.05) is 19.2 Å². The lowest BCUT2D eigenvalue weighted by Gasteiger charge is -2.19. The van der Waals surface area contributed by atoms with Crippen molar-refractivity contribution in [3.63, 3.8) is 0 Å². The highest BCUT2D eigenvalue weighted by molar-refractivity contribution is 5.60.